The Hall–Kier alpha value is -1.63. The van der Waals surface area contributed by atoms with Gasteiger partial charge in [-0.3, -0.25) is 9.59 Å². The van der Waals surface area contributed by atoms with Gasteiger partial charge in [0.05, 0.1) is 6.42 Å². The minimum Gasteiger partial charge on any atom is -0.480 e. The van der Waals surface area contributed by atoms with E-state index in [0.717, 1.165) is 12.8 Å². The van der Waals surface area contributed by atoms with Crippen molar-refractivity contribution in [3.8, 4) is 0 Å². The number of nitrogens with one attached hydrogen (secondary N) is 1. The third-order valence-electron chi connectivity index (χ3n) is 2.69. The number of aliphatic carboxylic acids is 1. The first-order chi connectivity index (χ1) is 7.90. The molecule has 6 N–H and O–H groups in total. The molecule has 0 aromatic heterocycles. The first-order valence-corrected chi connectivity index (χ1v) is 5.46. The van der Waals surface area contributed by atoms with Gasteiger partial charge in [-0.2, -0.15) is 0 Å². The van der Waals surface area contributed by atoms with E-state index in [1.54, 1.807) is 0 Å². The molecule has 1 aliphatic rings. The maximum atomic E-state index is 11.5. The van der Waals surface area contributed by atoms with Gasteiger partial charge in [-0.15, -0.1) is 0 Å². The first-order valence-electron chi connectivity index (χ1n) is 5.46. The van der Waals surface area contributed by atoms with Gasteiger partial charge in [0.1, 0.15) is 6.04 Å². The number of carboxylic acids is 1. The minimum absolute atomic E-state index is 0.0766. The lowest BCUT2D eigenvalue weighted by Crippen LogP contribution is -2.45. The van der Waals surface area contributed by atoms with Crippen molar-refractivity contribution in [2.45, 2.75) is 37.8 Å². The zero-order valence-electron chi connectivity index (χ0n) is 9.39. The Labute approximate surface area is 98.5 Å². The normalized spacial score (nSPS) is 18.2. The van der Waals surface area contributed by atoms with Gasteiger partial charge in [0.2, 0.25) is 11.8 Å². The average Bonchev–Trinajstić information content (AvgIpc) is 2.98. The first kappa shape index (κ1) is 13.4. The van der Waals surface area contributed by atoms with Crippen LogP contribution in [-0.2, 0) is 14.4 Å². The molecule has 0 aromatic rings. The number of primary amides is 1. The topological polar surface area (TPSA) is 136 Å². The molecule has 2 amide bonds. The highest BCUT2D eigenvalue weighted by Gasteiger charge is 2.31. The second-order valence-electron chi connectivity index (χ2n) is 4.33. The van der Waals surface area contributed by atoms with Crippen LogP contribution in [0, 0.1) is 5.92 Å². The van der Waals surface area contributed by atoms with E-state index < -0.39 is 30.2 Å². The summed E-state index contributed by atoms with van der Waals surface area (Å²) >= 11 is 0. The number of hydrogen-bond donors (Lipinski definition) is 4. The van der Waals surface area contributed by atoms with Crippen molar-refractivity contribution in [2.75, 3.05) is 0 Å². The van der Waals surface area contributed by atoms with Crippen molar-refractivity contribution in [3.05, 3.63) is 0 Å². The number of rotatable bonds is 7. The number of hydrogen-bond acceptors (Lipinski definition) is 4. The zero-order valence-corrected chi connectivity index (χ0v) is 9.39. The molecule has 0 bridgehead atoms. The van der Waals surface area contributed by atoms with Crippen LogP contribution in [0.5, 0.6) is 0 Å². The van der Waals surface area contributed by atoms with Crippen LogP contribution >= 0.6 is 0 Å². The fourth-order valence-electron chi connectivity index (χ4n) is 1.56. The maximum Gasteiger partial charge on any atom is 0.326 e. The average molecular weight is 243 g/mol. The monoisotopic (exact) mass is 243 g/mol. The summed E-state index contributed by atoms with van der Waals surface area (Å²) in [5.74, 6) is -2.15. The fraction of sp³-hybridized carbons (Fsp3) is 0.700. The maximum absolute atomic E-state index is 11.5. The van der Waals surface area contributed by atoms with Crippen LogP contribution in [0.25, 0.3) is 0 Å². The summed E-state index contributed by atoms with van der Waals surface area (Å²) in [6, 6.07) is -1.51. The summed E-state index contributed by atoms with van der Waals surface area (Å²) in [6.07, 6.45) is 1.68. The van der Waals surface area contributed by atoms with E-state index in [2.05, 4.69) is 5.32 Å². The van der Waals surface area contributed by atoms with E-state index >= 15 is 0 Å². The van der Waals surface area contributed by atoms with Gasteiger partial charge >= 0.3 is 5.97 Å². The second kappa shape index (κ2) is 5.62. The van der Waals surface area contributed by atoms with Crippen LogP contribution < -0.4 is 16.8 Å². The highest BCUT2D eigenvalue weighted by molar-refractivity contribution is 5.88. The van der Waals surface area contributed by atoms with Crippen LogP contribution in [0.15, 0.2) is 0 Å². The Kier molecular flexibility index (Phi) is 4.45. The third-order valence-corrected chi connectivity index (χ3v) is 2.69. The predicted molar refractivity (Wildman–Crippen MR) is 58.7 cm³/mol. The van der Waals surface area contributed by atoms with Crippen molar-refractivity contribution in [2.24, 2.45) is 17.4 Å². The van der Waals surface area contributed by atoms with Gasteiger partial charge < -0.3 is 21.9 Å². The van der Waals surface area contributed by atoms with Crippen molar-refractivity contribution >= 4 is 17.8 Å². The molecule has 7 heteroatoms. The number of amides is 2. The lowest BCUT2D eigenvalue weighted by atomic mass is 10.1. The molecule has 0 saturated heterocycles. The quantitative estimate of drug-likeness (QED) is 0.434. The summed E-state index contributed by atoms with van der Waals surface area (Å²) in [5.41, 5.74) is 10.6. The molecular weight excluding hydrogens is 226 g/mol. The molecular formula is C10H17N3O4. The molecule has 1 fully saturated rings. The Morgan fingerprint density at radius 1 is 1.29 bits per heavy atom. The molecule has 0 aliphatic heterocycles. The molecule has 0 aromatic carbocycles. The summed E-state index contributed by atoms with van der Waals surface area (Å²) in [5, 5.41) is 11.0. The molecule has 2 atom stereocenters. The molecule has 1 aliphatic carbocycles. The molecule has 2 unspecified atom stereocenters. The summed E-state index contributed by atoms with van der Waals surface area (Å²) in [7, 11) is 0. The van der Waals surface area contributed by atoms with E-state index in [1.165, 1.54) is 0 Å². The molecule has 96 valence electrons. The number of nitrogens with two attached hydrogens (primary N) is 2. The van der Waals surface area contributed by atoms with Crippen LogP contribution in [0.2, 0.25) is 0 Å². The number of carbonyl (C=O) groups is 3. The molecule has 17 heavy (non-hydrogen) atoms. The van der Waals surface area contributed by atoms with Crippen LogP contribution in [0.4, 0.5) is 0 Å². The Morgan fingerprint density at radius 2 is 1.88 bits per heavy atom. The molecule has 1 rings (SSSR count). The number of carbonyl (C=O) groups excluding carboxylic acids is 2. The highest BCUT2D eigenvalue weighted by atomic mass is 16.4. The standard InChI is InChI=1S/C10H17N3O4/c11-6(5-1-2-5)3-9(15)13-7(10(16)17)4-8(12)14/h5-7H,1-4,11H2,(H2,12,14)(H,13,15)(H,16,17). The SMILES string of the molecule is NC(=O)CC(NC(=O)CC(N)C1CC1)C(=O)O. The lowest BCUT2D eigenvalue weighted by molar-refractivity contribution is -0.143. The van der Waals surface area contributed by atoms with E-state index in [0.29, 0.717) is 5.92 Å². The molecule has 1 saturated carbocycles. The Morgan fingerprint density at radius 3 is 2.29 bits per heavy atom. The largest absolute Gasteiger partial charge is 0.480 e. The zero-order chi connectivity index (χ0) is 13.0. The van der Waals surface area contributed by atoms with Crippen LogP contribution in [-0.4, -0.2) is 35.0 Å². The van der Waals surface area contributed by atoms with Crippen molar-refractivity contribution in [1.82, 2.24) is 5.32 Å². The van der Waals surface area contributed by atoms with Gasteiger partial charge in [-0.25, -0.2) is 4.79 Å². The molecule has 7 nitrogen and oxygen atoms in total. The Balaban J connectivity index is 2.39. The number of carboxylic acid groups (broad SMARTS) is 1. The third kappa shape index (κ3) is 4.81. The van der Waals surface area contributed by atoms with Gasteiger partial charge in [0, 0.05) is 12.5 Å². The van der Waals surface area contributed by atoms with Crippen LogP contribution in [0.1, 0.15) is 25.7 Å². The molecule has 0 spiro atoms. The van der Waals surface area contributed by atoms with E-state index in [9.17, 15) is 14.4 Å². The van der Waals surface area contributed by atoms with Gasteiger partial charge in [0.25, 0.3) is 0 Å². The van der Waals surface area contributed by atoms with Gasteiger partial charge in [0.15, 0.2) is 0 Å². The van der Waals surface area contributed by atoms with Crippen molar-refractivity contribution in [3.63, 3.8) is 0 Å². The van der Waals surface area contributed by atoms with Crippen LogP contribution in [0.3, 0.4) is 0 Å². The lowest BCUT2D eigenvalue weighted by Gasteiger charge is -2.15. The molecule has 0 radical (unpaired) electrons. The van der Waals surface area contributed by atoms with E-state index in [-0.39, 0.29) is 12.5 Å². The summed E-state index contributed by atoms with van der Waals surface area (Å²) < 4.78 is 0. The van der Waals surface area contributed by atoms with Gasteiger partial charge in [-0.05, 0) is 18.8 Å². The molecule has 0 heterocycles. The van der Waals surface area contributed by atoms with Crippen molar-refractivity contribution < 1.29 is 19.5 Å². The second-order valence-corrected chi connectivity index (χ2v) is 4.33. The van der Waals surface area contributed by atoms with E-state index in [4.69, 9.17) is 16.6 Å². The van der Waals surface area contributed by atoms with E-state index in [1.807, 2.05) is 0 Å². The minimum atomic E-state index is -1.28. The predicted octanol–water partition coefficient (Wildman–Crippen LogP) is -1.44. The fourth-order valence-corrected chi connectivity index (χ4v) is 1.56. The highest BCUT2D eigenvalue weighted by Crippen LogP contribution is 2.32. The van der Waals surface area contributed by atoms with Crippen molar-refractivity contribution in [1.29, 1.82) is 0 Å². The smallest absolute Gasteiger partial charge is 0.326 e. The Bertz CT molecular complexity index is 328. The summed E-state index contributed by atoms with van der Waals surface area (Å²) in [4.78, 5) is 32.8. The summed E-state index contributed by atoms with van der Waals surface area (Å²) in [6.45, 7) is 0. The van der Waals surface area contributed by atoms with Gasteiger partial charge in [-0.1, -0.05) is 0 Å².